The molecule has 2 aromatic carbocycles. The van der Waals surface area contributed by atoms with Crippen molar-refractivity contribution in [2.75, 3.05) is 6.61 Å². The molecule has 0 aliphatic heterocycles. The largest absolute Gasteiger partial charge is 0.463 e. The minimum absolute atomic E-state index is 0.0525. The Bertz CT molecular complexity index is 965. The fraction of sp³-hybridized carbons (Fsp3) is 0.261. The molecule has 1 heterocycles. The average molecular weight is 375 g/mol. The number of carbonyl (C=O) groups is 1. The van der Waals surface area contributed by atoms with Crippen molar-refractivity contribution in [2.45, 2.75) is 33.1 Å². The summed E-state index contributed by atoms with van der Waals surface area (Å²) in [6, 6.07) is 17.9. The summed E-state index contributed by atoms with van der Waals surface area (Å²) in [5.41, 5.74) is 3.02. The average Bonchev–Trinajstić information content (AvgIpc) is 3.11. The smallest absolute Gasteiger partial charge is 0.336 e. The molecule has 0 amide bonds. The van der Waals surface area contributed by atoms with Gasteiger partial charge >= 0.3 is 6.01 Å². The molecule has 0 fully saturated rings. The lowest BCUT2D eigenvalue weighted by molar-refractivity contribution is 0.0955. The molecule has 0 saturated heterocycles. The second-order valence-electron chi connectivity index (χ2n) is 7.47. The molecular formula is C23H25N3O2. The Labute approximate surface area is 165 Å². The van der Waals surface area contributed by atoms with Gasteiger partial charge in [0.05, 0.1) is 6.61 Å². The van der Waals surface area contributed by atoms with Gasteiger partial charge in [-0.05, 0) is 29.5 Å². The van der Waals surface area contributed by atoms with Crippen molar-refractivity contribution in [2.24, 2.45) is 0 Å². The van der Waals surface area contributed by atoms with Crippen LogP contribution in [0.15, 0.2) is 60.7 Å². The molecule has 5 nitrogen and oxygen atoms in total. The first-order valence-corrected chi connectivity index (χ1v) is 9.36. The molecular weight excluding hydrogens is 350 g/mol. The summed E-state index contributed by atoms with van der Waals surface area (Å²) in [6.45, 7) is 8.77. The van der Waals surface area contributed by atoms with Crippen molar-refractivity contribution in [1.82, 2.24) is 14.8 Å². The Morgan fingerprint density at radius 2 is 1.75 bits per heavy atom. The van der Waals surface area contributed by atoms with Gasteiger partial charge in [-0.2, -0.15) is 9.67 Å². The molecule has 0 unspecified atom stereocenters. The molecule has 3 aromatic rings. The predicted octanol–water partition coefficient (Wildman–Crippen LogP) is 4.99. The van der Waals surface area contributed by atoms with E-state index in [0.717, 1.165) is 11.1 Å². The maximum atomic E-state index is 12.8. The van der Waals surface area contributed by atoms with Gasteiger partial charge in [-0.25, -0.2) is 0 Å². The van der Waals surface area contributed by atoms with Gasteiger partial charge in [-0.15, -0.1) is 5.10 Å². The van der Waals surface area contributed by atoms with Gasteiger partial charge in [0.2, 0.25) is 0 Å². The zero-order chi connectivity index (χ0) is 20.1. The Kier molecular flexibility index (Phi) is 5.73. The topological polar surface area (TPSA) is 57.0 Å². The summed E-state index contributed by atoms with van der Waals surface area (Å²) in [7, 11) is 0. The van der Waals surface area contributed by atoms with Gasteiger partial charge in [-0.1, -0.05) is 75.4 Å². The fourth-order valence-corrected chi connectivity index (χ4v) is 2.75. The predicted molar refractivity (Wildman–Crippen MR) is 111 cm³/mol. The number of aromatic nitrogens is 3. The van der Waals surface area contributed by atoms with Gasteiger partial charge in [-0.3, -0.25) is 4.79 Å². The Morgan fingerprint density at radius 3 is 2.36 bits per heavy atom. The van der Waals surface area contributed by atoms with Crippen molar-refractivity contribution < 1.29 is 9.53 Å². The summed E-state index contributed by atoms with van der Waals surface area (Å²) in [4.78, 5) is 17.2. The second-order valence-corrected chi connectivity index (χ2v) is 7.47. The lowest BCUT2D eigenvalue weighted by atomic mass is 9.87. The van der Waals surface area contributed by atoms with E-state index in [4.69, 9.17) is 4.74 Å². The van der Waals surface area contributed by atoms with Gasteiger partial charge in [0.15, 0.2) is 5.82 Å². The van der Waals surface area contributed by atoms with E-state index in [9.17, 15) is 4.79 Å². The van der Waals surface area contributed by atoms with Crippen LogP contribution < -0.4 is 4.74 Å². The van der Waals surface area contributed by atoms with Crippen LogP contribution >= 0.6 is 0 Å². The van der Waals surface area contributed by atoms with Crippen LogP contribution in [0.1, 0.15) is 43.6 Å². The normalized spacial score (nSPS) is 11.7. The molecule has 0 spiro atoms. The SMILES string of the molecule is CCOc1nc(-c2ccc(C(C)(C)C)cc2)n(C(=O)/C=C/c2ccccc2)n1. The van der Waals surface area contributed by atoms with Crippen molar-refractivity contribution in [3.8, 4) is 17.4 Å². The van der Waals surface area contributed by atoms with E-state index in [1.165, 1.54) is 16.3 Å². The van der Waals surface area contributed by atoms with E-state index in [1.807, 2.05) is 49.4 Å². The molecule has 0 aliphatic carbocycles. The number of nitrogens with zero attached hydrogens (tertiary/aromatic N) is 3. The lowest BCUT2D eigenvalue weighted by Gasteiger charge is -2.19. The second kappa shape index (κ2) is 8.21. The number of rotatable bonds is 5. The van der Waals surface area contributed by atoms with Crippen LogP contribution in [0.25, 0.3) is 17.5 Å². The van der Waals surface area contributed by atoms with Crippen LogP contribution in [-0.2, 0) is 5.41 Å². The summed E-state index contributed by atoms with van der Waals surface area (Å²) in [6.07, 6.45) is 3.25. The summed E-state index contributed by atoms with van der Waals surface area (Å²) in [5, 5.41) is 4.24. The van der Waals surface area contributed by atoms with E-state index in [-0.39, 0.29) is 17.3 Å². The maximum Gasteiger partial charge on any atom is 0.336 e. The van der Waals surface area contributed by atoms with Gasteiger partial charge in [0.1, 0.15) is 0 Å². The zero-order valence-electron chi connectivity index (χ0n) is 16.7. The highest BCUT2D eigenvalue weighted by Gasteiger charge is 2.18. The molecule has 3 rings (SSSR count). The van der Waals surface area contributed by atoms with E-state index in [2.05, 4.69) is 43.0 Å². The van der Waals surface area contributed by atoms with Crippen molar-refractivity contribution >= 4 is 12.0 Å². The lowest BCUT2D eigenvalue weighted by Crippen LogP contribution is -2.12. The number of benzene rings is 2. The molecule has 0 saturated carbocycles. The van der Waals surface area contributed by atoms with Crippen LogP contribution in [0.3, 0.4) is 0 Å². The molecule has 0 atom stereocenters. The third kappa shape index (κ3) is 4.55. The molecule has 0 radical (unpaired) electrons. The van der Waals surface area contributed by atoms with Crippen LogP contribution in [0.2, 0.25) is 0 Å². The number of allylic oxidation sites excluding steroid dienone is 1. The van der Waals surface area contributed by atoms with E-state index in [1.54, 1.807) is 6.08 Å². The quantitative estimate of drug-likeness (QED) is 0.589. The highest BCUT2D eigenvalue weighted by molar-refractivity contribution is 5.95. The van der Waals surface area contributed by atoms with E-state index >= 15 is 0 Å². The first-order valence-electron chi connectivity index (χ1n) is 9.36. The van der Waals surface area contributed by atoms with Gasteiger partial charge in [0.25, 0.3) is 5.91 Å². The first-order chi connectivity index (χ1) is 13.4. The van der Waals surface area contributed by atoms with Crippen LogP contribution in [0, 0.1) is 0 Å². The Morgan fingerprint density at radius 1 is 1.07 bits per heavy atom. The molecule has 0 aliphatic rings. The fourth-order valence-electron chi connectivity index (χ4n) is 2.75. The van der Waals surface area contributed by atoms with Gasteiger partial charge in [0, 0.05) is 11.6 Å². The first kappa shape index (κ1) is 19.5. The minimum Gasteiger partial charge on any atom is -0.463 e. The third-order valence-corrected chi connectivity index (χ3v) is 4.30. The highest BCUT2D eigenvalue weighted by Crippen LogP contribution is 2.26. The van der Waals surface area contributed by atoms with Crippen LogP contribution in [0.5, 0.6) is 6.01 Å². The molecule has 144 valence electrons. The van der Waals surface area contributed by atoms with Crippen molar-refractivity contribution in [1.29, 1.82) is 0 Å². The molecule has 1 aromatic heterocycles. The van der Waals surface area contributed by atoms with Crippen molar-refractivity contribution in [3.63, 3.8) is 0 Å². The number of hydrogen-bond acceptors (Lipinski definition) is 4. The van der Waals surface area contributed by atoms with Gasteiger partial charge < -0.3 is 4.74 Å². The molecule has 0 bridgehead atoms. The highest BCUT2D eigenvalue weighted by atomic mass is 16.5. The third-order valence-electron chi connectivity index (χ3n) is 4.30. The molecule has 0 N–H and O–H groups in total. The molecule has 28 heavy (non-hydrogen) atoms. The van der Waals surface area contributed by atoms with Crippen LogP contribution in [-0.4, -0.2) is 27.3 Å². The Hall–Kier alpha value is -3.21. The van der Waals surface area contributed by atoms with Crippen molar-refractivity contribution in [3.05, 3.63) is 71.8 Å². The summed E-state index contributed by atoms with van der Waals surface area (Å²) < 4.78 is 6.71. The number of ether oxygens (including phenoxy) is 1. The molecule has 5 heteroatoms. The minimum atomic E-state index is -0.280. The van der Waals surface area contributed by atoms with Crippen LogP contribution in [0.4, 0.5) is 0 Å². The summed E-state index contributed by atoms with van der Waals surface area (Å²) in [5.74, 6) is 0.184. The zero-order valence-corrected chi connectivity index (χ0v) is 16.7. The number of hydrogen-bond donors (Lipinski definition) is 0. The monoisotopic (exact) mass is 375 g/mol. The van der Waals surface area contributed by atoms with E-state index < -0.39 is 0 Å². The van der Waals surface area contributed by atoms with E-state index in [0.29, 0.717) is 12.4 Å². The summed E-state index contributed by atoms with van der Waals surface area (Å²) >= 11 is 0. The maximum absolute atomic E-state index is 12.8. The standard InChI is InChI=1S/C23H25N3O2/c1-5-28-22-24-21(18-12-14-19(15-13-18)23(2,3)4)26(25-22)20(27)16-11-17-9-7-6-8-10-17/h6-16H,5H2,1-4H3/b16-11+. The number of carbonyl (C=O) groups excluding carboxylic acids is 1. The Balaban J connectivity index is 1.95.